The number of urea groups is 1. The maximum Gasteiger partial charge on any atom is 0.319 e. The lowest BCUT2D eigenvalue weighted by molar-refractivity contribution is 0.251. The molecule has 2 aromatic heterocycles. The van der Waals surface area contributed by atoms with Crippen molar-refractivity contribution in [3.8, 4) is 0 Å². The van der Waals surface area contributed by atoms with Crippen LogP contribution < -0.4 is 10.6 Å². The molecule has 0 radical (unpaired) electrons. The van der Waals surface area contributed by atoms with E-state index >= 15 is 0 Å². The van der Waals surface area contributed by atoms with Gasteiger partial charge >= 0.3 is 6.03 Å². The van der Waals surface area contributed by atoms with Crippen LogP contribution in [0.4, 0.5) is 10.5 Å². The smallest absolute Gasteiger partial charge is 0.319 e. The van der Waals surface area contributed by atoms with Crippen LogP contribution in [-0.2, 0) is 6.54 Å². The topological polar surface area (TPSA) is 58.4 Å². The molecule has 1 aromatic carbocycles. The van der Waals surface area contributed by atoms with Gasteiger partial charge in [-0.15, -0.1) is 0 Å². The minimum absolute atomic E-state index is 0.239. The molecular formula is C17H17BrN4O. The molecule has 2 heterocycles. The van der Waals surface area contributed by atoms with Gasteiger partial charge in [-0.1, -0.05) is 12.1 Å². The van der Waals surface area contributed by atoms with E-state index in [1.807, 2.05) is 61.0 Å². The van der Waals surface area contributed by atoms with E-state index in [4.69, 9.17) is 0 Å². The Morgan fingerprint density at radius 3 is 2.87 bits per heavy atom. The van der Waals surface area contributed by atoms with Crippen molar-refractivity contribution in [3.63, 3.8) is 0 Å². The fourth-order valence-electron chi connectivity index (χ4n) is 2.31. The molecule has 0 atom stereocenters. The fraction of sp³-hybridized carbons (Fsp3) is 0.176. The lowest BCUT2D eigenvalue weighted by Gasteiger charge is -2.10. The van der Waals surface area contributed by atoms with Crippen LogP contribution in [-0.4, -0.2) is 15.4 Å². The predicted molar refractivity (Wildman–Crippen MR) is 94.7 cm³/mol. The molecule has 0 bridgehead atoms. The second-order valence-electron chi connectivity index (χ2n) is 5.47. The Labute approximate surface area is 142 Å². The second kappa shape index (κ2) is 6.42. The van der Waals surface area contributed by atoms with Crippen LogP contribution in [0.2, 0.25) is 0 Å². The SMILES string of the molecule is Cc1ccc(C)c(NC(=O)NCc2cn3cc(Br)ccc3n2)c1. The summed E-state index contributed by atoms with van der Waals surface area (Å²) in [7, 11) is 0. The van der Waals surface area contributed by atoms with Gasteiger partial charge in [0.2, 0.25) is 0 Å². The number of fused-ring (bicyclic) bond motifs is 1. The van der Waals surface area contributed by atoms with Crippen LogP contribution >= 0.6 is 15.9 Å². The normalized spacial score (nSPS) is 10.7. The van der Waals surface area contributed by atoms with Crippen molar-refractivity contribution in [1.29, 1.82) is 0 Å². The van der Waals surface area contributed by atoms with Crippen LogP contribution in [0.25, 0.3) is 5.65 Å². The molecule has 0 saturated heterocycles. The molecule has 118 valence electrons. The molecule has 5 nitrogen and oxygen atoms in total. The van der Waals surface area contributed by atoms with Crippen molar-refractivity contribution in [2.75, 3.05) is 5.32 Å². The van der Waals surface area contributed by atoms with Gasteiger partial charge in [0.15, 0.2) is 0 Å². The third kappa shape index (κ3) is 3.71. The van der Waals surface area contributed by atoms with Gasteiger partial charge in [-0.05, 0) is 59.1 Å². The van der Waals surface area contributed by atoms with E-state index in [1.54, 1.807) is 0 Å². The predicted octanol–water partition coefficient (Wildman–Crippen LogP) is 4.04. The number of rotatable bonds is 3. The summed E-state index contributed by atoms with van der Waals surface area (Å²) in [6.45, 7) is 4.34. The van der Waals surface area contributed by atoms with Crippen molar-refractivity contribution in [2.45, 2.75) is 20.4 Å². The zero-order valence-electron chi connectivity index (χ0n) is 12.9. The fourth-order valence-corrected chi connectivity index (χ4v) is 2.66. The number of aromatic nitrogens is 2. The van der Waals surface area contributed by atoms with E-state index in [0.29, 0.717) is 6.54 Å². The van der Waals surface area contributed by atoms with Crippen LogP contribution in [0.5, 0.6) is 0 Å². The maximum atomic E-state index is 12.1. The molecule has 23 heavy (non-hydrogen) atoms. The molecular weight excluding hydrogens is 356 g/mol. The van der Waals surface area contributed by atoms with Gasteiger partial charge in [-0.2, -0.15) is 0 Å². The zero-order chi connectivity index (χ0) is 16.4. The molecule has 0 aliphatic rings. The third-order valence-corrected chi connectivity index (χ3v) is 4.01. The Morgan fingerprint density at radius 2 is 2.04 bits per heavy atom. The number of carbonyl (C=O) groups is 1. The first-order valence-electron chi connectivity index (χ1n) is 7.26. The highest BCUT2D eigenvalue weighted by Gasteiger charge is 2.07. The highest BCUT2D eigenvalue weighted by Crippen LogP contribution is 2.16. The van der Waals surface area contributed by atoms with E-state index in [1.165, 1.54) is 0 Å². The molecule has 0 fully saturated rings. The summed E-state index contributed by atoms with van der Waals surface area (Å²) in [6, 6.07) is 9.59. The van der Waals surface area contributed by atoms with Gasteiger partial charge in [-0.3, -0.25) is 0 Å². The number of imidazole rings is 1. The van der Waals surface area contributed by atoms with E-state index in [-0.39, 0.29) is 6.03 Å². The summed E-state index contributed by atoms with van der Waals surface area (Å²) in [5, 5.41) is 5.70. The molecule has 0 spiro atoms. The molecule has 0 aliphatic carbocycles. The van der Waals surface area contributed by atoms with Crippen LogP contribution in [0.1, 0.15) is 16.8 Å². The van der Waals surface area contributed by atoms with Crippen molar-refractivity contribution in [3.05, 3.63) is 64.0 Å². The molecule has 0 saturated carbocycles. The van der Waals surface area contributed by atoms with Crippen molar-refractivity contribution < 1.29 is 4.79 Å². The standard InChI is InChI=1S/C17H17BrN4O/c1-11-3-4-12(2)15(7-11)21-17(23)19-8-14-10-22-9-13(18)5-6-16(22)20-14/h3-7,9-10H,8H2,1-2H3,(H2,19,21,23). The lowest BCUT2D eigenvalue weighted by atomic mass is 10.1. The quantitative estimate of drug-likeness (QED) is 0.728. The average molecular weight is 373 g/mol. The van der Waals surface area contributed by atoms with Gasteiger partial charge < -0.3 is 15.0 Å². The van der Waals surface area contributed by atoms with E-state index in [9.17, 15) is 4.79 Å². The van der Waals surface area contributed by atoms with Gasteiger partial charge in [0.1, 0.15) is 5.65 Å². The van der Waals surface area contributed by atoms with Crippen molar-refractivity contribution >= 4 is 33.3 Å². The largest absolute Gasteiger partial charge is 0.332 e. The molecule has 3 aromatic rings. The number of benzene rings is 1. The molecule has 6 heteroatoms. The number of pyridine rings is 1. The monoisotopic (exact) mass is 372 g/mol. The number of aryl methyl sites for hydroxylation is 2. The Morgan fingerprint density at radius 1 is 1.22 bits per heavy atom. The first-order chi connectivity index (χ1) is 11.0. The summed E-state index contributed by atoms with van der Waals surface area (Å²) in [5.74, 6) is 0. The van der Waals surface area contributed by atoms with Gasteiger partial charge in [-0.25, -0.2) is 9.78 Å². The van der Waals surface area contributed by atoms with Gasteiger partial charge in [0.05, 0.1) is 12.2 Å². The Bertz CT molecular complexity index is 872. The minimum atomic E-state index is -0.239. The zero-order valence-corrected chi connectivity index (χ0v) is 14.5. The summed E-state index contributed by atoms with van der Waals surface area (Å²) < 4.78 is 2.90. The molecule has 0 aliphatic heterocycles. The lowest BCUT2D eigenvalue weighted by Crippen LogP contribution is -2.28. The number of amides is 2. The summed E-state index contributed by atoms with van der Waals surface area (Å²) in [6.07, 6.45) is 3.83. The Kier molecular flexibility index (Phi) is 4.34. The molecule has 2 amide bonds. The van der Waals surface area contributed by atoms with E-state index in [2.05, 4.69) is 31.5 Å². The minimum Gasteiger partial charge on any atom is -0.332 e. The number of nitrogens with zero attached hydrogens (tertiary/aromatic N) is 2. The third-order valence-electron chi connectivity index (χ3n) is 3.54. The summed E-state index contributed by atoms with van der Waals surface area (Å²) in [5.41, 5.74) is 4.61. The Hall–Kier alpha value is -2.34. The van der Waals surface area contributed by atoms with Gasteiger partial charge in [0.25, 0.3) is 0 Å². The van der Waals surface area contributed by atoms with Crippen molar-refractivity contribution in [1.82, 2.24) is 14.7 Å². The molecule has 2 N–H and O–H groups in total. The molecule has 3 rings (SSSR count). The Balaban J connectivity index is 1.64. The number of halogens is 1. The molecule has 0 unspecified atom stereocenters. The van der Waals surface area contributed by atoms with Gasteiger partial charge in [0, 0.05) is 22.6 Å². The number of carbonyl (C=O) groups excluding carboxylic acids is 1. The van der Waals surface area contributed by atoms with Crippen LogP contribution in [0.3, 0.4) is 0 Å². The van der Waals surface area contributed by atoms with Crippen molar-refractivity contribution in [2.24, 2.45) is 0 Å². The first kappa shape index (κ1) is 15.6. The first-order valence-corrected chi connectivity index (χ1v) is 8.06. The highest BCUT2D eigenvalue weighted by molar-refractivity contribution is 9.10. The van der Waals surface area contributed by atoms with E-state index < -0.39 is 0 Å². The second-order valence-corrected chi connectivity index (χ2v) is 6.39. The van der Waals surface area contributed by atoms with Crippen LogP contribution in [0, 0.1) is 13.8 Å². The number of nitrogens with one attached hydrogen (secondary N) is 2. The maximum absolute atomic E-state index is 12.1. The average Bonchev–Trinajstić information content (AvgIpc) is 2.91. The summed E-state index contributed by atoms with van der Waals surface area (Å²) >= 11 is 3.43. The van der Waals surface area contributed by atoms with Crippen LogP contribution in [0.15, 0.2) is 47.2 Å². The highest BCUT2D eigenvalue weighted by atomic mass is 79.9. The number of anilines is 1. The number of hydrogen-bond acceptors (Lipinski definition) is 2. The number of hydrogen-bond donors (Lipinski definition) is 2. The van der Waals surface area contributed by atoms with E-state index in [0.717, 1.165) is 32.6 Å². The summed E-state index contributed by atoms with van der Waals surface area (Å²) in [4.78, 5) is 16.5.